The largest absolute Gasteiger partial charge is 0.493 e. The van der Waals surface area contributed by atoms with Gasteiger partial charge in [0.2, 0.25) is 0 Å². The highest BCUT2D eigenvalue weighted by molar-refractivity contribution is 14.1. The number of hydrogen-bond donors (Lipinski definition) is 0. The van der Waals surface area contributed by atoms with Gasteiger partial charge in [0.1, 0.15) is 0 Å². The highest BCUT2D eigenvalue weighted by atomic mass is 127. The number of hydrogen-bond acceptors (Lipinski definition) is 3. The van der Waals surface area contributed by atoms with E-state index in [0.29, 0.717) is 12.1 Å². The molecule has 0 fully saturated rings. The maximum atomic E-state index is 12.4. The van der Waals surface area contributed by atoms with Crippen LogP contribution < -0.4 is 9.47 Å². The fraction of sp³-hybridized carbons (Fsp3) is 0.235. The van der Waals surface area contributed by atoms with Gasteiger partial charge in [-0.15, -0.1) is 0 Å². The third-order valence-electron chi connectivity index (χ3n) is 3.30. The molecule has 2 rings (SSSR count). The summed E-state index contributed by atoms with van der Waals surface area (Å²) < 4.78 is 35.2. The molecule has 0 bridgehead atoms. The molecule has 0 aliphatic rings. The smallest absolute Gasteiger partial charge is 0.387 e. The van der Waals surface area contributed by atoms with Gasteiger partial charge in [-0.3, -0.25) is 4.79 Å². The Balaban J connectivity index is 2.12. The number of benzene rings is 2. The van der Waals surface area contributed by atoms with Crippen molar-refractivity contribution in [2.24, 2.45) is 0 Å². The van der Waals surface area contributed by atoms with Crippen molar-refractivity contribution in [1.82, 2.24) is 4.90 Å². The molecule has 0 heterocycles. The second kappa shape index (κ2) is 8.27. The zero-order chi connectivity index (χ0) is 17.7. The van der Waals surface area contributed by atoms with E-state index in [4.69, 9.17) is 4.74 Å². The lowest BCUT2D eigenvalue weighted by molar-refractivity contribution is -0.0512. The van der Waals surface area contributed by atoms with E-state index in [0.717, 1.165) is 9.13 Å². The number of carbonyl (C=O) groups excluding carboxylic acids is 1. The van der Waals surface area contributed by atoms with Crippen LogP contribution in [0.15, 0.2) is 42.5 Å². The molecule has 7 heteroatoms. The van der Waals surface area contributed by atoms with Crippen LogP contribution in [0.4, 0.5) is 8.78 Å². The molecule has 0 unspecified atom stereocenters. The standard InChI is InChI=1S/C17H16F2INO3/c1-21(16(22)12-4-6-13(20)7-5-12)10-11-3-8-14(24-17(18)19)15(9-11)23-2/h3-9,17H,10H2,1-2H3. The second-order valence-electron chi connectivity index (χ2n) is 5.03. The molecular formula is C17H16F2INO3. The van der Waals surface area contributed by atoms with Crippen LogP contribution in [-0.4, -0.2) is 31.6 Å². The Kier molecular flexibility index (Phi) is 6.36. The fourth-order valence-corrected chi connectivity index (χ4v) is 2.52. The van der Waals surface area contributed by atoms with Gasteiger partial charge in [-0.25, -0.2) is 0 Å². The molecule has 0 atom stereocenters. The van der Waals surface area contributed by atoms with Gasteiger partial charge in [0.05, 0.1) is 7.11 Å². The van der Waals surface area contributed by atoms with Crippen LogP contribution in [0.2, 0.25) is 0 Å². The van der Waals surface area contributed by atoms with E-state index in [9.17, 15) is 13.6 Å². The van der Waals surface area contributed by atoms with E-state index < -0.39 is 6.61 Å². The first-order chi connectivity index (χ1) is 11.4. The van der Waals surface area contributed by atoms with Crippen LogP contribution in [0.5, 0.6) is 11.5 Å². The Labute approximate surface area is 152 Å². The van der Waals surface area contributed by atoms with Gasteiger partial charge >= 0.3 is 6.61 Å². The average molecular weight is 447 g/mol. The summed E-state index contributed by atoms with van der Waals surface area (Å²) in [6.07, 6.45) is 0. The third-order valence-corrected chi connectivity index (χ3v) is 4.02. The van der Waals surface area contributed by atoms with Crippen molar-refractivity contribution in [3.05, 3.63) is 57.2 Å². The molecule has 0 N–H and O–H groups in total. The Bertz CT molecular complexity index is 707. The molecule has 24 heavy (non-hydrogen) atoms. The minimum Gasteiger partial charge on any atom is -0.493 e. The quantitative estimate of drug-likeness (QED) is 0.625. The van der Waals surface area contributed by atoms with Gasteiger partial charge < -0.3 is 14.4 Å². The summed E-state index contributed by atoms with van der Waals surface area (Å²) in [5.41, 5.74) is 1.33. The van der Waals surface area contributed by atoms with Crippen molar-refractivity contribution in [3.63, 3.8) is 0 Å². The predicted molar refractivity (Wildman–Crippen MR) is 94.6 cm³/mol. The number of carbonyl (C=O) groups is 1. The third kappa shape index (κ3) is 4.80. The van der Waals surface area contributed by atoms with Crippen molar-refractivity contribution in [2.45, 2.75) is 13.2 Å². The predicted octanol–water partition coefficient (Wildman–Crippen LogP) is 4.17. The molecule has 128 valence electrons. The van der Waals surface area contributed by atoms with Crippen molar-refractivity contribution >= 4 is 28.5 Å². The number of nitrogens with zero attached hydrogens (tertiary/aromatic N) is 1. The molecule has 0 aliphatic heterocycles. The van der Waals surface area contributed by atoms with E-state index in [-0.39, 0.29) is 17.4 Å². The normalized spacial score (nSPS) is 10.6. The Hall–Kier alpha value is -1.90. The molecule has 2 aromatic carbocycles. The SMILES string of the molecule is COc1cc(CN(C)C(=O)c2ccc(I)cc2)ccc1OC(F)F. The van der Waals surface area contributed by atoms with Gasteiger partial charge in [0.15, 0.2) is 11.5 Å². The summed E-state index contributed by atoms with van der Waals surface area (Å²) in [5, 5.41) is 0. The molecular weight excluding hydrogens is 431 g/mol. The number of methoxy groups -OCH3 is 1. The molecule has 0 spiro atoms. The van der Waals surface area contributed by atoms with Crippen LogP contribution in [0, 0.1) is 3.57 Å². The Morgan fingerprint density at radius 1 is 1.17 bits per heavy atom. The van der Waals surface area contributed by atoms with E-state index in [1.165, 1.54) is 13.2 Å². The summed E-state index contributed by atoms with van der Waals surface area (Å²) in [7, 11) is 3.05. The molecule has 0 aliphatic carbocycles. The lowest BCUT2D eigenvalue weighted by Crippen LogP contribution is -2.26. The molecule has 0 aromatic heterocycles. The lowest BCUT2D eigenvalue weighted by atomic mass is 10.1. The van der Waals surface area contributed by atoms with Gasteiger partial charge in [-0.1, -0.05) is 6.07 Å². The fourth-order valence-electron chi connectivity index (χ4n) is 2.16. The summed E-state index contributed by atoms with van der Waals surface area (Å²) in [4.78, 5) is 13.9. The van der Waals surface area contributed by atoms with Crippen molar-refractivity contribution in [2.75, 3.05) is 14.2 Å². The Morgan fingerprint density at radius 2 is 1.83 bits per heavy atom. The summed E-state index contributed by atoms with van der Waals surface area (Å²) in [6.45, 7) is -2.61. The summed E-state index contributed by atoms with van der Waals surface area (Å²) in [6, 6.07) is 11.9. The maximum Gasteiger partial charge on any atom is 0.387 e. The first-order valence-corrected chi connectivity index (χ1v) is 8.11. The number of ether oxygens (including phenoxy) is 2. The van der Waals surface area contributed by atoms with E-state index in [1.807, 2.05) is 12.1 Å². The van der Waals surface area contributed by atoms with Crippen LogP contribution in [0.3, 0.4) is 0 Å². The lowest BCUT2D eigenvalue weighted by Gasteiger charge is -2.18. The van der Waals surface area contributed by atoms with E-state index in [1.54, 1.807) is 36.2 Å². The first-order valence-electron chi connectivity index (χ1n) is 7.03. The first kappa shape index (κ1) is 18.4. The van der Waals surface area contributed by atoms with Gasteiger partial charge in [-0.05, 0) is 64.6 Å². The van der Waals surface area contributed by atoms with Crippen molar-refractivity contribution < 1.29 is 23.0 Å². The van der Waals surface area contributed by atoms with Gasteiger partial charge in [0, 0.05) is 22.7 Å². The molecule has 1 amide bonds. The monoisotopic (exact) mass is 447 g/mol. The van der Waals surface area contributed by atoms with Crippen LogP contribution in [0.1, 0.15) is 15.9 Å². The highest BCUT2D eigenvalue weighted by Gasteiger charge is 2.15. The minimum absolute atomic E-state index is 0.0390. The topological polar surface area (TPSA) is 38.8 Å². The van der Waals surface area contributed by atoms with E-state index in [2.05, 4.69) is 27.3 Å². The van der Waals surface area contributed by atoms with Gasteiger partial charge in [-0.2, -0.15) is 8.78 Å². The molecule has 2 aromatic rings. The van der Waals surface area contributed by atoms with Crippen molar-refractivity contribution in [1.29, 1.82) is 0 Å². The van der Waals surface area contributed by atoms with Gasteiger partial charge in [0.25, 0.3) is 5.91 Å². The average Bonchev–Trinajstić information content (AvgIpc) is 2.55. The molecule has 4 nitrogen and oxygen atoms in total. The van der Waals surface area contributed by atoms with Crippen LogP contribution in [0.25, 0.3) is 0 Å². The summed E-state index contributed by atoms with van der Waals surface area (Å²) >= 11 is 2.17. The maximum absolute atomic E-state index is 12.4. The summed E-state index contributed by atoms with van der Waals surface area (Å²) in [5.74, 6) is 0.0315. The van der Waals surface area contributed by atoms with Crippen molar-refractivity contribution in [3.8, 4) is 11.5 Å². The Morgan fingerprint density at radius 3 is 2.42 bits per heavy atom. The number of amides is 1. The molecule has 0 saturated heterocycles. The number of halogens is 3. The van der Waals surface area contributed by atoms with Crippen LogP contribution >= 0.6 is 22.6 Å². The number of alkyl halides is 2. The zero-order valence-corrected chi connectivity index (χ0v) is 15.3. The number of rotatable bonds is 6. The highest BCUT2D eigenvalue weighted by Crippen LogP contribution is 2.29. The zero-order valence-electron chi connectivity index (χ0n) is 13.1. The van der Waals surface area contributed by atoms with Crippen LogP contribution in [-0.2, 0) is 6.54 Å². The second-order valence-corrected chi connectivity index (χ2v) is 6.28. The van der Waals surface area contributed by atoms with E-state index >= 15 is 0 Å². The minimum atomic E-state index is -2.92. The molecule has 0 radical (unpaired) electrons. The molecule has 0 saturated carbocycles.